The molecule has 1 aliphatic heterocycles. The van der Waals surface area contributed by atoms with Gasteiger partial charge in [0.2, 0.25) is 0 Å². The van der Waals surface area contributed by atoms with E-state index in [9.17, 15) is 4.79 Å². The number of likely N-dealkylation sites (tertiary alicyclic amines) is 1. The zero-order chi connectivity index (χ0) is 17.9. The van der Waals surface area contributed by atoms with Crippen molar-refractivity contribution in [2.45, 2.75) is 25.7 Å². The number of carbonyl (C=O) groups is 1. The van der Waals surface area contributed by atoms with Crippen molar-refractivity contribution < 1.29 is 4.79 Å². The number of nitrogens with one attached hydrogen (secondary N) is 1. The number of aromatic nitrogens is 3. The second-order valence-electron chi connectivity index (χ2n) is 7.00. The maximum atomic E-state index is 12.9. The molecule has 1 aromatic carbocycles. The second-order valence-corrected chi connectivity index (χ2v) is 7.00. The molecule has 1 aliphatic rings. The first-order valence-electron chi connectivity index (χ1n) is 9.12. The van der Waals surface area contributed by atoms with Crippen molar-refractivity contribution in [3.05, 3.63) is 54.1 Å². The van der Waals surface area contributed by atoms with Crippen LogP contribution in [0.25, 0.3) is 10.9 Å². The topological polar surface area (TPSA) is 87.9 Å². The first kappa shape index (κ1) is 16.6. The molecule has 26 heavy (non-hydrogen) atoms. The molecule has 1 atom stereocenters. The van der Waals surface area contributed by atoms with Gasteiger partial charge in [0.15, 0.2) is 0 Å². The van der Waals surface area contributed by atoms with E-state index in [-0.39, 0.29) is 5.91 Å². The number of fused-ring (bicyclic) bond motifs is 1. The van der Waals surface area contributed by atoms with Gasteiger partial charge in [-0.15, -0.1) is 0 Å². The minimum atomic E-state index is 0.0918. The third kappa shape index (κ3) is 3.54. The lowest BCUT2D eigenvalue weighted by Gasteiger charge is -2.20. The van der Waals surface area contributed by atoms with Gasteiger partial charge >= 0.3 is 0 Å². The van der Waals surface area contributed by atoms with Gasteiger partial charge in [-0.1, -0.05) is 18.2 Å². The van der Waals surface area contributed by atoms with Gasteiger partial charge in [-0.2, -0.15) is 0 Å². The fourth-order valence-electron chi connectivity index (χ4n) is 3.70. The Morgan fingerprint density at radius 1 is 1.19 bits per heavy atom. The number of amides is 1. The Morgan fingerprint density at radius 3 is 2.88 bits per heavy atom. The Morgan fingerprint density at radius 2 is 2.08 bits per heavy atom. The highest BCUT2D eigenvalue weighted by Gasteiger charge is 2.23. The van der Waals surface area contributed by atoms with Crippen LogP contribution in [0.1, 0.15) is 35.4 Å². The number of hydrogen-bond acceptors (Lipinski definition) is 4. The zero-order valence-electron chi connectivity index (χ0n) is 14.7. The summed E-state index contributed by atoms with van der Waals surface area (Å²) in [5.74, 6) is 1.06. The van der Waals surface area contributed by atoms with E-state index in [1.165, 1.54) is 0 Å². The third-order valence-electron chi connectivity index (χ3n) is 5.12. The van der Waals surface area contributed by atoms with Crippen LogP contribution in [0.3, 0.4) is 0 Å². The van der Waals surface area contributed by atoms with Crippen molar-refractivity contribution in [3.8, 4) is 0 Å². The van der Waals surface area contributed by atoms with Crippen LogP contribution >= 0.6 is 0 Å². The standard InChI is InChI=1S/C20H23N5O/c21-19-13-22-16(12-23-19)10-14-4-3-8-25(9-7-14)20(26)18-11-15-5-1-2-6-17(15)24-18/h1-2,5-6,11-14,24H,3-4,7-10H2,(H2,21,23)/t14-/m1/s1. The fourth-order valence-corrected chi connectivity index (χ4v) is 3.70. The summed E-state index contributed by atoms with van der Waals surface area (Å²) in [6.45, 7) is 1.58. The molecule has 1 saturated heterocycles. The average molecular weight is 349 g/mol. The molecule has 0 radical (unpaired) electrons. The van der Waals surface area contributed by atoms with Crippen LogP contribution in [0, 0.1) is 5.92 Å². The van der Waals surface area contributed by atoms with Crippen LogP contribution in [-0.4, -0.2) is 38.8 Å². The summed E-state index contributed by atoms with van der Waals surface area (Å²) >= 11 is 0. The molecule has 3 heterocycles. The van der Waals surface area contributed by atoms with E-state index in [0.717, 1.165) is 55.4 Å². The molecule has 0 saturated carbocycles. The Kier molecular flexibility index (Phi) is 4.56. The van der Waals surface area contributed by atoms with Crippen LogP contribution in [0.2, 0.25) is 0 Å². The van der Waals surface area contributed by atoms with E-state index < -0.39 is 0 Å². The molecule has 3 N–H and O–H groups in total. The van der Waals surface area contributed by atoms with E-state index in [0.29, 0.717) is 17.4 Å². The van der Waals surface area contributed by atoms with E-state index >= 15 is 0 Å². The summed E-state index contributed by atoms with van der Waals surface area (Å²) in [5.41, 5.74) is 8.25. The second kappa shape index (κ2) is 7.15. The molecule has 4 rings (SSSR count). The first-order valence-corrected chi connectivity index (χ1v) is 9.12. The third-order valence-corrected chi connectivity index (χ3v) is 5.12. The van der Waals surface area contributed by atoms with Crippen LogP contribution in [0.4, 0.5) is 5.82 Å². The number of para-hydroxylation sites is 1. The molecular weight excluding hydrogens is 326 g/mol. The number of rotatable bonds is 3. The molecule has 3 aromatic rings. The number of aromatic amines is 1. The smallest absolute Gasteiger partial charge is 0.270 e. The minimum absolute atomic E-state index is 0.0918. The molecular formula is C20H23N5O. The Labute approximate surface area is 152 Å². The minimum Gasteiger partial charge on any atom is -0.382 e. The molecule has 134 valence electrons. The van der Waals surface area contributed by atoms with Crippen molar-refractivity contribution in [1.29, 1.82) is 0 Å². The van der Waals surface area contributed by atoms with Gasteiger partial charge in [-0.3, -0.25) is 9.78 Å². The van der Waals surface area contributed by atoms with E-state index in [2.05, 4.69) is 15.0 Å². The predicted octanol–water partition coefficient (Wildman–Crippen LogP) is 3.03. The molecule has 0 aliphatic carbocycles. The predicted molar refractivity (Wildman–Crippen MR) is 102 cm³/mol. The number of H-pyrrole nitrogens is 1. The van der Waals surface area contributed by atoms with Gasteiger partial charge in [0.1, 0.15) is 11.5 Å². The molecule has 6 nitrogen and oxygen atoms in total. The quantitative estimate of drug-likeness (QED) is 0.761. The summed E-state index contributed by atoms with van der Waals surface area (Å²) in [5, 5.41) is 1.07. The van der Waals surface area contributed by atoms with Gasteiger partial charge in [0, 0.05) is 24.0 Å². The average Bonchev–Trinajstić information content (AvgIpc) is 2.96. The lowest BCUT2D eigenvalue weighted by atomic mass is 9.95. The van der Waals surface area contributed by atoms with Crippen LogP contribution in [0.5, 0.6) is 0 Å². The lowest BCUT2D eigenvalue weighted by molar-refractivity contribution is 0.0755. The molecule has 2 aromatic heterocycles. The zero-order valence-corrected chi connectivity index (χ0v) is 14.7. The molecule has 0 spiro atoms. The summed E-state index contributed by atoms with van der Waals surface area (Å²) in [7, 11) is 0. The first-order chi connectivity index (χ1) is 12.7. The summed E-state index contributed by atoms with van der Waals surface area (Å²) in [6, 6.07) is 9.93. The van der Waals surface area contributed by atoms with E-state index in [1.807, 2.05) is 35.2 Å². The SMILES string of the molecule is Nc1cnc(C[C@@H]2CCCN(C(=O)c3cc4ccccc4[nH]3)CC2)cn1. The number of benzene rings is 1. The molecule has 6 heteroatoms. The largest absolute Gasteiger partial charge is 0.382 e. The number of nitrogens with zero attached hydrogens (tertiary/aromatic N) is 3. The number of anilines is 1. The number of carbonyl (C=O) groups excluding carboxylic acids is 1. The Balaban J connectivity index is 1.41. The van der Waals surface area contributed by atoms with Gasteiger partial charge in [0.05, 0.1) is 18.1 Å². The highest BCUT2D eigenvalue weighted by atomic mass is 16.2. The van der Waals surface area contributed by atoms with Crippen molar-refractivity contribution in [3.63, 3.8) is 0 Å². The van der Waals surface area contributed by atoms with Gasteiger partial charge < -0.3 is 15.6 Å². The van der Waals surface area contributed by atoms with E-state index in [4.69, 9.17) is 5.73 Å². The lowest BCUT2D eigenvalue weighted by Crippen LogP contribution is -2.32. The number of nitrogens with two attached hydrogens (primary N) is 1. The summed E-state index contributed by atoms with van der Waals surface area (Å²) in [4.78, 5) is 26.6. The Bertz CT molecular complexity index is 869. The van der Waals surface area contributed by atoms with Crippen LogP contribution in [0.15, 0.2) is 42.7 Å². The van der Waals surface area contributed by atoms with Gasteiger partial charge in [-0.05, 0) is 43.7 Å². The highest BCUT2D eigenvalue weighted by Crippen LogP contribution is 2.23. The van der Waals surface area contributed by atoms with E-state index in [1.54, 1.807) is 12.4 Å². The monoisotopic (exact) mass is 349 g/mol. The normalized spacial score (nSPS) is 18.0. The summed E-state index contributed by atoms with van der Waals surface area (Å²) < 4.78 is 0. The molecule has 0 unspecified atom stereocenters. The molecule has 1 amide bonds. The van der Waals surface area contributed by atoms with Crippen molar-refractivity contribution >= 4 is 22.6 Å². The Hall–Kier alpha value is -2.89. The van der Waals surface area contributed by atoms with Crippen LogP contribution < -0.4 is 5.73 Å². The molecule has 0 bridgehead atoms. The fraction of sp³-hybridized carbons (Fsp3) is 0.350. The maximum Gasteiger partial charge on any atom is 0.270 e. The van der Waals surface area contributed by atoms with Gasteiger partial charge in [-0.25, -0.2) is 4.98 Å². The summed E-state index contributed by atoms with van der Waals surface area (Å²) in [6.07, 6.45) is 7.35. The number of nitrogen functional groups attached to an aromatic ring is 1. The van der Waals surface area contributed by atoms with Crippen molar-refractivity contribution in [2.75, 3.05) is 18.8 Å². The number of hydrogen-bond donors (Lipinski definition) is 2. The maximum absolute atomic E-state index is 12.9. The van der Waals surface area contributed by atoms with Crippen molar-refractivity contribution in [1.82, 2.24) is 19.9 Å². The highest BCUT2D eigenvalue weighted by molar-refractivity contribution is 5.98. The van der Waals surface area contributed by atoms with Gasteiger partial charge in [0.25, 0.3) is 5.91 Å². The van der Waals surface area contributed by atoms with Crippen molar-refractivity contribution in [2.24, 2.45) is 5.92 Å². The van der Waals surface area contributed by atoms with Crippen LogP contribution in [-0.2, 0) is 6.42 Å². The molecule has 1 fully saturated rings.